The molecule has 0 amide bonds. The van der Waals surface area contributed by atoms with Crippen LogP contribution in [0.2, 0.25) is 5.15 Å². The molecule has 4 heteroatoms. The first-order chi connectivity index (χ1) is 7.77. The molecule has 0 saturated carbocycles. The largest absolute Gasteiger partial charge is 0.395 e. The number of nitrogens with two attached hydrogens (primary N) is 1. The molecular weight excluding hydrogens is 222 g/mol. The Morgan fingerprint density at radius 2 is 1.94 bits per heavy atom. The van der Waals surface area contributed by atoms with Gasteiger partial charge in [0.2, 0.25) is 0 Å². The molecule has 0 atom stereocenters. The molecule has 0 radical (unpaired) electrons. The first-order valence-corrected chi connectivity index (χ1v) is 5.33. The summed E-state index contributed by atoms with van der Waals surface area (Å²) in [6.45, 7) is 0.714. The zero-order valence-corrected chi connectivity index (χ0v) is 9.41. The van der Waals surface area contributed by atoms with Crippen molar-refractivity contribution < 1.29 is 0 Å². The summed E-state index contributed by atoms with van der Waals surface area (Å²) in [7, 11) is 0. The van der Waals surface area contributed by atoms with Crippen molar-refractivity contribution >= 4 is 23.0 Å². The second-order valence-electron chi connectivity index (χ2n) is 3.40. The average Bonchev–Trinajstić information content (AvgIpc) is 2.32. The highest BCUT2D eigenvalue weighted by Gasteiger charge is 2.03. The Balaban J connectivity index is 2.08. The van der Waals surface area contributed by atoms with Crippen molar-refractivity contribution in [2.24, 2.45) is 0 Å². The number of hydrogen-bond acceptors (Lipinski definition) is 3. The molecule has 0 saturated heterocycles. The number of nitrogen functional groups attached to an aromatic ring is 1. The van der Waals surface area contributed by atoms with Gasteiger partial charge in [0.25, 0.3) is 0 Å². The minimum Gasteiger partial charge on any atom is -0.395 e. The maximum Gasteiger partial charge on any atom is 0.153 e. The lowest BCUT2D eigenvalue weighted by molar-refractivity contribution is 1.14. The molecule has 0 fully saturated rings. The Hall–Kier alpha value is -1.74. The maximum absolute atomic E-state index is 5.82. The van der Waals surface area contributed by atoms with E-state index in [2.05, 4.69) is 10.3 Å². The summed E-state index contributed by atoms with van der Waals surface area (Å²) in [5.74, 6) is 0. The summed E-state index contributed by atoms with van der Waals surface area (Å²) in [4.78, 5) is 3.89. The molecule has 16 heavy (non-hydrogen) atoms. The fourth-order valence-electron chi connectivity index (χ4n) is 1.39. The van der Waals surface area contributed by atoms with Crippen molar-refractivity contribution in [2.75, 3.05) is 11.1 Å². The van der Waals surface area contributed by atoms with Gasteiger partial charge in [0.1, 0.15) is 0 Å². The van der Waals surface area contributed by atoms with E-state index in [1.165, 1.54) is 5.56 Å². The second kappa shape index (κ2) is 4.86. The first-order valence-electron chi connectivity index (χ1n) is 4.95. The topological polar surface area (TPSA) is 50.9 Å². The zero-order chi connectivity index (χ0) is 11.4. The number of pyridine rings is 1. The zero-order valence-electron chi connectivity index (χ0n) is 8.65. The molecular formula is C12H12ClN3. The van der Waals surface area contributed by atoms with E-state index in [0.29, 0.717) is 17.4 Å². The van der Waals surface area contributed by atoms with E-state index in [4.69, 9.17) is 17.3 Å². The Morgan fingerprint density at radius 1 is 1.19 bits per heavy atom. The van der Waals surface area contributed by atoms with Crippen LogP contribution < -0.4 is 11.1 Å². The highest BCUT2D eigenvalue weighted by molar-refractivity contribution is 6.32. The quantitative estimate of drug-likeness (QED) is 0.802. The molecule has 0 aliphatic rings. The van der Waals surface area contributed by atoms with Gasteiger partial charge in [-0.2, -0.15) is 0 Å². The monoisotopic (exact) mass is 233 g/mol. The van der Waals surface area contributed by atoms with Gasteiger partial charge in [-0.15, -0.1) is 0 Å². The van der Waals surface area contributed by atoms with Crippen LogP contribution in [0.3, 0.4) is 0 Å². The smallest absolute Gasteiger partial charge is 0.153 e. The van der Waals surface area contributed by atoms with E-state index in [-0.39, 0.29) is 0 Å². The van der Waals surface area contributed by atoms with Crippen molar-refractivity contribution in [1.29, 1.82) is 0 Å². The standard InChI is InChI=1S/C12H12ClN3/c13-12-11(14)10(6-7-15-12)16-8-9-4-2-1-3-5-9/h1-7H,8,14H2,(H,15,16). The van der Waals surface area contributed by atoms with Crippen LogP contribution in [0.4, 0.5) is 11.4 Å². The van der Waals surface area contributed by atoms with Crippen molar-refractivity contribution in [3.05, 3.63) is 53.3 Å². The van der Waals surface area contributed by atoms with E-state index in [9.17, 15) is 0 Å². The lowest BCUT2D eigenvalue weighted by Crippen LogP contribution is -2.03. The third kappa shape index (κ3) is 2.44. The third-order valence-electron chi connectivity index (χ3n) is 2.27. The van der Waals surface area contributed by atoms with E-state index in [1.54, 1.807) is 6.20 Å². The fourth-order valence-corrected chi connectivity index (χ4v) is 1.55. The highest BCUT2D eigenvalue weighted by atomic mass is 35.5. The molecule has 0 unspecified atom stereocenters. The van der Waals surface area contributed by atoms with Gasteiger partial charge in [0.05, 0.1) is 11.4 Å². The Bertz CT molecular complexity index is 471. The summed E-state index contributed by atoms with van der Waals surface area (Å²) in [5.41, 5.74) is 8.27. The van der Waals surface area contributed by atoms with Crippen molar-refractivity contribution in [1.82, 2.24) is 4.98 Å². The molecule has 2 rings (SSSR count). The Kier molecular flexibility index (Phi) is 3.27. The Morgan fingerprint density at radius 3 is 2.69 bits per heavy atom. The summed E-state index contributed by atoms with van der Waals surface area (Å²) in [5, 5.41) is 3.55. The molecule has 1 aromatic heterocycles. The first kappa shape index (κ1) is 10.8. The van der Waals surface area contributed by atoms with Crippen molar-refractivity contribution in [2.45, 2.75) is 6.54 Å². The molecule has 3 N–H and O–H groups in total. The van der Waals surface area contributed by atoms with Crippen LogP contribution in [0.1, 0.15) is 5.56 Å². The summed E-state index contributed by atoms with van der Waals surface area (Å²) in [6, 6.07) is 11.9. The molecule has 0 aliphatic carbocycles. The number of halogens is 1. The molecule has 1 aromatic carbocycles. The van der Waals surface area contributed by atoms with Crippen LogP contribution in [0.15, 0.2) is 42.6 Å². The average molecular weight is 234 g/mol. The summed E-state index contributed by atoms with van der Waals surface area (Å²) < 4.78 is 0. The van der Waals surface area contributed by atoms with E-state index in [0.717, 1.165) is 5.69 Å². The van der Waals surface area contributed by atoms with Crippen LogP contribution in [0.25, 0.3) is 0 Å². The number of hydrogen-bond donors (Lipinski definition) is 2. The van der Waals surface area contributed by atoms with Crippen LogP contribution in [0.5, 0.6) is 0 Å². The Labute approximate surface area is 99.3 Å². The van der Waals surface area contributed by atoms with Crippen LogP contribution >= 0.6 is 11.6 Å². The van der Waals surface area contributed by atoms with Gasteiger partial charge in [-0.3, -0.25) is 0 Å². The van der Waals surface area contributed by atoms with Gasteiger partial charge in [0, 0.05) is 12.7 Å². The SMILES string of the molecule is Nc1c(NCc2ccccc2)ccnc1Cl. The number of benzene rings is 1. The van der Waals surface area contributed by atoms with Crippen LogP contribution in [-0.2, 0) is 6.54 Å². The molecule has 0 bridgehead atoms. The van der Waals surface area contributed by atoms with Crippen molar-refractivity contribution in [3.63, 3.8) is 0 Å². The highest BCUT2D eigenvalue weighted by Crippen LogP contribution is 2.24. The predicted octanol–water partition coefficient (Wildman–Crippen LogP) is 2.93. The van der Waals surface area contributed by atoms with Gasteiger partial charge in [-0.05, 0) is 11.6 Å². The van der Waals surface area contributed by atoms with E-state index >= 15 is 0 Å². The lowest BCUT2D eigenvalue weighted by atomic mass is 10.2. The fraction of sp³-hybridized carbons (Fsp3) is 0.0833. The van der Waals surface area contributed by atoms with Gasteiger partial charge in [0.15, 0.2) is 5.15 Å². The van der Waals surface area contributed by atoms with E-state index in [1.807, 2.05) is 36.4 Å². The summed E-state index contributed by atoms with van der Waals surface area (Å²) >= 11 is 5.82. The number of nitrogens with one attached hydrogen (secondary N) is 1. The number of rotatable bonds is 3. The third-order valence-corrected chi connectivity index (χ3v) is 2.57. The van der Waals surface area contributed by atoms with Crippen LogP contribution in [0, 0.1) is 0 Å². The number of aromatic nitrogens is 1. The van der Waals surface area contributed by atoms with Crippen molar-refractivity contribution in [3.8, 4) is 0 Å². The van der Waals surface area contributed by atoms with Gasteiger partial charge in [-0.1, -0.05) is 41.9 Å². The molecule has 1 heterocycles. The molecule has 0 aliphatic heterocycles. The normalized spacial score (nSPS) is 10.1. The maximum atomic E-state index is 5.82. The lowest BCUT2D eigenvalue weighted by Gasteiger charge is -2.09. The van der Waals surface area contributed by atoms with Crippen LogP contribution in [-0.4, -0.2) is 4.98 Å². The molecule has 0 spiro atoms. The second-order valence-corrected chi connectivity index (χ2v) is 3.76. The van der Waals surface area contributed by atoms with E-state index < -0.39 is 0 Å². The minimum absolute atomic E-state index is 0.332. The number of anilines is 2. The molecule has 2 aromatic rings. The van der Waals surface area contributed by atoms with Gasteiger partial charge in [-0.25, -0.2) is 4.98 Å². The molecule has 3 nitrogen and oxygen atoms in total. The van der Waals surface area contributed by atoms with Gasteiger partial charge < -0.3 is 11.1 Å². The minimum atomic E-state index is 0.332. The van der Waals surface area contributed by atoms with Gasteiger partial charge >= 0.3 is 0 Å². The summed E-state index contributed by atoms with van der Waals surface area (Å²) in [6.07, 6.45) is 1.63. The number of nitrogens with zero attached hydrogens (tertiary/aromatic N) is 1. The molecule has 82 valence electrons. The predicted molar refractivity (Wildman–Crippen MR) is 67.4 cm³/mol.